The fraction of sp³-hybridized carbons (Fsp3) is 0.417. The van der Waals surface area contributed by atoms with Gasteiger partial charge in [0.15, 0.2) is 0 Å². The Balaban J connectivity index is 1.99. The van der Waals surface area contributed by atoms with Gasteiger partial charge in [0.25, 0.3) is 0 Å². The van der Waals surface area contributed by atoms with E-state index in [9.17, 15) is 4.79 Å². The minimum absolute atomic E-state index is 0.0318. The third-order valence-electron chi connectivity index (χ3n) is 2.66. The minimum atomic E-state index is -0.151. The van der Waals surface area contributed by atoms with Crippen LogP contribution in [0.1, 0.15) is 5.56 Å². The highest BCUT2D eigenvalue weighted by Gasteiger charge is 2.25. The smallest absolute Gasteiger partial charge is 0.226 e. The fourth-order valence-corrected chi connectivity index (χ4v) is 1.82. The van der Waals surface area contributed by atoms with Crippen LogP contribution < -0.4 is 10.1 Å². The molecule has 1 aliphatic rings. The molecule has 0 aromatic heterocycles. The van der Waals surface area contributed by atoms with Gasteiger partial charge in [-0.1, -0.05) is 18.2 Å². The highest BCUT2D eigenvalue weighted by Crippen LogP contribution is 2.26. The van der Waals surface area contributed by atoms with Crippen molar-refractivity contribution in [3.8, 4) is 5.75 Å². The van der Waals surface area contributed by atoms with Gasteiger partial charge in [0.2, 0.25) is 5.91 Å². The lowest BCUT2D eigenvalue weighted by atomic mass is 9.96. The van der Waals surface area contributed by atoms with Crippen LogP contribution in [-0.4, -0.2) is 30.8 Å². The molecule has 0 bridgehead atoms. The maximum absolute atomic E-state index is 11.7. The monoisotopic (exact) mass is 221 g/mol. The average molecular weight is 221 g/mol. The lowest BCUT2D eigenvalue weighted by Crippen LogP contribution is -2.38. The largest absolute Gasteiger partial charge is 0.492 e. The first-order valence-corrected chi connectivity index (χ1v) is 5.40. The van der Waals surface area contributed by atoms with Gasteiger partial charge in [-0.05, 0) is 18.1 Å². The Bertz CT molecular complexity index is 378. The summed E-state index contributed by atoms with van der Waals surface area (Å²) in [5.41, 5.74) is 1.07. The normalized spacial score (nSPS) is 18.4. The van der Waals surface area contributed by atoms with Crippen LogP contribution in [0.2, 0.25) is 0 Å². The van der Waals surface area contributed by atoms with Crippen LogP contribution >= 0.6 is 0 Å². The number of amides is 1. The van der Waals surface area contributed by atoms with Gasteiger partial charge < -0.3 is 15.2 Å². The van der Waals surface area contributed by atoms with Gasteiger partial charge in [0.1, 0.15) is 12.4 Å². The van der Waals surface area contributed by atoms with Crippen LogP contribution in [0.3, 0.4) is 0 Å². The van der Waals surface area contributed by atoms with E-state index in [0.717, 1.165) is 11.3 Å². The van der Waals surface area contributed by atoms with E-state index in [1.54, 1.807) is 0 Å². The summed E-state index contributed by atoms with van der Waals surface area (Å²) in [4.78, 5) is 11.7. The molecule has 0 saturated heterocycles. The zero-order valence-electron chi connectivity index (χ0n) is 8.98. The first-order chi connectivity index (χ1) is 7.81. The van der Waals surface area contributed by atoms with Gasteiger partial charge >= 0.3 is 0 Å². The standard InChI is InChI=1S/C12H15NO3/c14-6-5-13-12(15)10-7-9-3-1-2-4-11(9)16-8-10/h1-4,10,14H,5-8H2,(H,13,15). The summed E-state index contributed by atoms with van der Waals surface area (Å²) >= 11 is 0. The number of ether oxygens (including phenoxy) is 1. The van der Waals surface area contributed by atoms with E-state index in [-0.39, 0.29) is 18.4 Å². The Morgan fingerprint density at radius 3 is 3.12 bits per heavy atom. The first kappa shape index (κ1) is 11.0. The van der Waals surface area contributed by atoms with E-state index in [1.165, 1.54) is 0 Å². The Morgan fingerprint density at radius 2 is 2.31 bits per heavy atom. The first-order valence-electron chi connectivity index (χ1n) is 5.40. The molecule has 0 radical (unpaired) electrons. The van der Waals surface area contributed by atoms with Gasteiger partial charge in [0.05, 0.1) is 12.5 Å². The van der Waals surface area contributed by atoms with Gasteiger partial charge in [-0.25, -0.2) is 0 Å². The highest BCUT2D eigenvalue weighted by atomic mass is 16.5. The second-order valence-electron chi connectivity index (χ2n) is 3.83. The maximum Gasteiger partial charge on any atom is 0.226 e. The van der Waals surface area contributed by atoms with Crippen molar-refractivity contribution in [3.63, 3.8) is 0 Å². The molecule has 2 N–H and O–H groups in total. The summed E-state index contributed by atoms with van der Waals surface area (Å²) in [7, 11) is 0. The number of benzene rings is 1. The zero-order chi connectivity index (χ0) is 11.4. The van der Waals surface area contributed by atoms with E-state index >= 15 is 0 Å². The van der Waals surface area contributed by atoms with Gasteiger partial charge in [0, 0.05) is 6.54 Å². The second kappa shape index (κ2) is 4.99. The third kappa shape index (κ3) is 2.33. The topological polar surface area (TPSA) is 58.6 Å². The number of hydrogen-bond donors (Lipinski definition) is 2. The van der Waals surface area contributed by atoms with Crippen molar-refractivity contribution in [1.82, 2.24) is 5.32 Å². The summed E-state index contributed by atoms with van der Waals surface area (Å²) in [6, 6.07) is 7.75. The number of nitrogens with one attached hydrogen (secondary N) is 1. The molecule has 2 rings (SSSR count). The molecule has 1 amide bonds. The van der Waals surface area contributed by atoms with Crippen LogP contribution in [0.15, 0.2) is 24.3 Å². The molecular weight excluding hydrogens is 206 g/mol. The molecule has 1 unspecified atom stereocenters. The highest BCUT2D eigenvalue weighted by molar-refractivity contribution is 5.79. The molecule has 86 valence electrons. The molecule has 0 spiro atoms. The van der Waals surface area contributed by atoms with E-state index in [2.05, 4.69) is 5.32 Å². The van der Waals surface area contributed by atoms with Crippen LogP contribution in [-0.2, 0) is 11.2 Å². The second-order valence-corrected chi connectivity index (χ2v) is 3.83. The van der Waals surface area contributed by atoms with Crippen molar-refractivity contribution >= 4 is 5.91 Å². The molecule has 4 heteroatoms. The van der Waals surface area contributed by atoms with E-state index in [0.29, 0.717) is 19.6 Å². The predicted octanol–water partition coefficient (Wildman–Crippen LogP) is 0.346. The molecule has 16 heavy (non-hydrogen) atoms. The number of carbonyl (C=O) groups is 1. The summed E-state index contributed by atoms with van der Waals surface area (Å²) in [5.74, 6) is 0.665. The van der Waals surface area contributed by atoms with Gasteiger partial charge in [-0.3, -0.25) is 4.79 Å². The van der Waals surface area contributed by atoms with E-state index in [1.807, 2.05) is 24.3 Å². The number of hydrogen-bond acceptors (Lipinski definition) is 3. The molecule has 0 fully saturated rings. The Morgan fingerprint density at radius 1 is 1.50 bits per heavy atom. The van der Waals surface area contributed by atoms with Crippen molar-refractivity contribution in [1.29, 1.82) is 0 Å². The Kier molecular flexibility index (Phi) is 3.41. The average Bonchev–Trinajstić information content (AvgIpc) is 2.35. The predicted molar refractivity (Wildman–Crippen MR) is 59.2 cm³/mol. The van der Waals surface area contributed by atoms with Crippen molar-refractivity contribution < 1.29 is 14.6 Å². The molecular formula is C12H15NO3. The van der Waals surface area contributed by atoms with Gasteiger partial charge in [-0.15, -0.1) is 0 Å². The zero-order valence-corrected chi connectivity index (χ0v) is 8.98. The van der Waals surface area contributed by atoms with Crippen molar-refractivity contribution in [3.05, 3.63) is 29.8 Å². The SMILES string of the molecule is O=C(NCCO)C1COc2ccccc2C1. The summed E-state index contributed by atoms with van der Waals surface area (Å²) < 4.78 is 5.51. The lowest BCUT2D eigenvalue weighted by Gasteiger charge is -2.24. The molecule has 4 nitrogen and oxygen atoms in total. The molecule has 1 aromatic carbocycles. The van der Waals surface area contributed by atoms with Crippen LogP contribution in [0.25, 0.3) is 0 Å². The molecule has 0 saturated carbocycles. The lowest BCUT2D eigenvalue weighted by molar-refractivity contribution is -0.126. The maximum atomic E-state index is 11.7. The van der Waals surface area contributed by atoms with Gasteiger partial charge in [-0.2, -0.15) is 0 Å². The Hall–Kier alpha value is -1.55. The minimum Gasteiger partial charge on any atom is -0.492 e. The molecule has 1 aliphatic heterocycles. The number of carbonyl (C=O) groups excluding carboxylic acids is 1. The third-order valence-corrected chi connectivity index (χ3v) is 2.66. The van der Waals surface area contributed by atoms with E-state index in [4.69, 9.17) is 9.84 Å². The number of rotatable bonds is 3. The van der Waals surface area contributed by atoms with Crippen molar-refractivity contribution in [2.24, 2.45) is 5.92 Å². The molecule has 1 aromatic rings. The summed E-state index contributed by atoms with van der Waals surface area (Å²) in [5, 5.41) is 11.3. The fourth-order valence-electron chi connectivity index (χ4n) is 1.82. The van der Waals surface area contributed by atoms with Crippen LogP contribution in [0.4, 0.5) is 0 Å². The summed E-state index contributed by atoms with van der Waals surface area (Å²) in [6.07, 6.45) is 0.702. The molecule has 1 atom stereocenters. The van der Waals surface area contributed by atoms with E-state index < -0.39 is 0 Å². The summed E-state index contributed by atoms with van der Waals surface area (Å²) in [6.45, 7) is 0.682. The quantitative estimate of drug-likeness (QED) is 0.774. The molecule has 1 heterocycles. The van der Waals surface area contributed by atoms with Crippen LogP contribution in [0, 0.1) is 5.92 Å². The van der Waals surface area contributed by atoms with Crippen molar-refractivity contribution in [2.45, 2.75) is 6.42 Å². The number of aliphatic hydroxyl groups is 1. The number of fused-ring (bicyclic) bond motifs is 1. The number of aliphatic hydroxyl groups excluding tert-OH is 1. The van der Waals surface area contributed by atoms with Crippen molar-refractivity contribution in [2.75, 3.05) is 19.8 Å². The Labute approximate surface area is 94.2 Å². The molecule has 0 aliphatic carbocycles. The number of para-hydroxylation sites is 1. The van der Waals surface area contributed by atoms with Crippen LogP contribution in [0.5, 0.6) is 5.75 Å².